The van der Waals surface area contributed by atoms with E-state index in [0.29, 0.717) is 11.7 Å². The number of amidine groups is 1. The van der Waals surface area contributed by atoms with Gasteiger partial charge in [-0.3, -0.25) is 0 Å². The summed E-state index contributed by atoms with van der Waals surface area (Å²) in [7, 11) is 0. The van der Waals surface area contributed by atoms with Gasteiger partial charge in [-0.05, 0) is 42.9 Å². The van der Waals surface area contributed by atoms with Crippen LogP contribution in [0.4, 0.5) is 11.4 Å². The molecular formula is C13H20N4S. The number of nitrogens with two attached hydrogens (primary N) is 2. The van der Waals surface area contributed by atoms with Crippen LogP contribution < -0.4 is 16.4 Å². The van der Waals surface area contributed by atoms with Crippen LogP contribution in [-0.2, 0) is 6.54 Å². The molecule has 1 aliphatic rings. The van der Waals surface area contributed by atoms with Crippen LogP contribution in [0.1, 0.15) is 18.4 Å². The number of hydrogen-bond acceptors (Lipinski definition) is 4. The molecule has 98 valence electrons. The van der Waals surface area contributed by atoms with E-state index in [1.165, 1.54) is 30.3 Å². The summed E-state index contributed by atoms with van der Waals surface area (Å²) in [5.74, 6) is 0. The molecule has 0 aliphatic carbocycles. The lowest BCUT2D eigenvalue weighted by Gasteiger charge is -2.21. The van der Waals surface area contributed by atoms with Gasteiger partial charge in [0.05, 0.1) is 5.69 Å². The van der Waals surface area contributed by atoms with Crippen molar-refractivity contribution in [2.75, 3.05) is 24.2 Å². The number of aliphatic imine (C=N–C) groups is 1. The van der Waals surface area contributed by atoms with Crippen molar-refractivity contribution >= 4 is 28.3 Å². The third-order valence-corrected chi connectivity index (χ3v) is 3.69. The van der Waals surface area contributed by atoms with E-state index in [0.717, 1.165) is 24.3 Å². The minimum absolute atomic E-state index is 0.536. The molecule has 1 aliphatic heterocycles. The molecule has 0 unspecified atom stereocenters. The lowest BCUT2D eigenvalue weighted by molar-refractivity contribution is 0.940. The first kappa shape index (κ1) is 13.2. The second kappa shape index (κ2) is 6.11. The molecule has 2 rings (SSSR count). The van der Waals surface area contributed by atoms with Gasteiger partial charge in [-0.25, -0.2) is 4.99 Å². The Balaban J connectivity index is 2.28. The van der Waals surface area contributed by atoms with Crippen LogP contribution in [0.15, 0.2) is 23.2 Å². The SMILES string of the molecule is CSC(N)=Nc1ccc(N2CCCC2)c(CN)c1. The monoisotopic (exact) mass is 264 g/mol. The van der Waals surface area contributed by atoms with Crippen LogP contribution >= 0.6 is 11.8 Å². The fourth-order valence-corrected chi connectivity index (χ4v) is 2.44. The van der Waals surface area contributed by atoms with Gasteiger partial charge in [-0.15, -0.1) is 0 Å². The van der Waals surface area contributed by atoms with E-state index in [4.69, 9.17) is 11.5 Å². The van der Waals surface area contributed by atoms with Gasteiger partial charge in [0.2, 0.25) is 0 Å². The molecule has 1 aromatic carbocycles. The summed E-state index contributed by atoms with van der Waals surface area (Å²) in [6.07, 6.45) is 4.45. The molecule has 1 heterocycles. The highest BCUT2D eigenvalue weighted by atomic mass is 32.2. The summed E-state index contributed by atoms with van der Waals surface area (Å²) in [6, 6.07) is 6.16. The fourth-order valence-electron chi connectivity index (χ4n) is 2.24. The van der Waals surface area contributed by atoms with E-state index < -0.39 is 0 Å². The molecule has 4 nitrogen and oxygen atoms in total. The highest BCUT2D eigenvalue weighted by Gasteiger charge is 2.15. The molecule has 5 heteroatoms. The molecule has 0 radical (unpaired) electrons. The Morgan fingerprint density at radius 3 is 2.72 bits per heavy atom. The van der Waals surface area contributed by atoms with Crippen molar-refractivity contribution in [2.45, 2.75) is 19.4 Å². The first-order valence-corrected chi connectivity index (χ1v) is 7.43. The Labute approximate surface area is 112 Å². The van der Waals surface area contributed by atoms with Crippen molar-refractivity contribution in [2.24, 2.45) is 16.5 Å². The molecule has 1 fully saturated rings. The maximum Gasteiger partial charge on any atom is 0.158 e. The van der Waals surface area contributed by atoms with Crippen LogP contribution in [0, 0.1) is 0 Å². The van der Waals surface area contributed by atoms with Gasteiger partial charge in [0.1, 0.15) is 0 Å². The number of thioether (sulfide) groups is 1. The van der Waals surface area contributed by atoms with Crippen LogP contribution in [0.5, 0.6) is 0 Å². The Morgan fingerprint density at radius 1 is 1.39 bits per heavy atom. The Kier molecular flexibility index (Phi) is 4.49. The predicted molar refractivity (Wildman–Crippen MR) is 80.6 cm³/mol. The number of rotatable bonds is 3. The number of anilines is 1. The molecule has 0 bridgehead atoms. The largest absolute Gasteiger partial charge is 0.378 e. The van der Waals surface area contributed by atoms with Crippen molar-refractivity contribution < 1.29 is 0 Å². The van der Waals surface area contributed by atoms with Gasteiger partial charge in [-0.1, -0.05) is 11.8 Å². The quantitative estimate of drug-likeness (QED) is 0.647. The maximum absolute atomic E-state index is 5.84. The summed E-state index contributed by atoms with van der Waals surface area (Å²) in [4.78, 5) is 6.73. The minimum atomic E-state index is 0.536. The molecule has 0 amide bonds. The highest BCUT2D eigenvalue weighted by molar-refractivity contribution is 8.13. The zero-order valence-corrected chi connectivity index (χ0v) is 11.5. The van der Waals surface area contributed by atoms with E-state index >= 15 is 0 Å². The van der Waals surface area contributed by atoms with Gasteiger partial charge >= 0.3 is 0 Å². The number of nitrogens with zero attached hydrogens (tertiary/aromatic N) is 2. The van der Waals surface area contributed by atoms with Crippen molar-refractivity contribution in [3.63, 3.8) is 0 Å². The van der Waals surface area contributed by atoms with E-state index in [-0.39, 0.29) is 0 Å². The summed E-state index contributed by atoms with van der Waals surface area (Å²) < 4.78 is 0. The topological polar surface area (TPSA) is 67.6 Å². The second-order valence-corrected chi connectivity index (χ2v) is 5.19. The summed E-state index contributed by atoms with van der Waals surface area (Å²) >= 11 is 1.45. The Morgan fingerprint density at radius 2 is 2.11 bits per heavy atom. The van der Waals surface area contributed by atoms with Gasteiger partial charge < -0.3 is 16.4 Å². The molecule has 0 atom stereocenters. The predicted octanol–water partition coefficient (Wildman–Crippen LogP) is 2.05. The molecule has 18 heavy (non-hydrogen) atoms. The maximum atomic E-state index is 5.84. The van der Waals surface area contributed by atoms with Crippen molar-refractivity contribution in [3.05, 3.63) is 23.8 Å². The molecule has 1 aromatic rings. The molecule has 4 N–H and O–H groups in total. The van der Waals surface area contributed by atoms with Crippen LogP contribution in [0.25, 0.3) is 0 Å². The standard InChI is InChI=1S/C13H20N4S/c1-18-13(15)16-11-4-5-12(10(8-11)9-14)17-6-2-3-7-17/h4-5,8H,2-3,6-7,9,14H2,1H3,(H2,15,16). The smallest absolute Gasteiger partial charge is 0.158 e. The average Bonchev–Trinajstić information content (AvgIpc) is 2.92. The number of benzene rings is 1. The van der Waals surface area contributed by atoms with Gasteiger partial charge in [0.25, 0.3) is 0 Å². The zero-order valence-electron chi connectivity index (χ0n) is 10.7. The minimum Gasteiger partial charge on any atom is -0.378 e. The van der Waals surface area contributed by atoms with Crippen molar-refractivity contribution in [1.29, 1.82) is 0 Å². The number of hydrogen-bond donors (Lipinski definition) is 2. The lowest BCUT2D eigenvalue weighted by Crippen LogP contribution is -2.20. The van der Waals surface area contributed by atoms with Crippen molar-refractivity contribution in [3.8, 4) is 0 Å². The first-order chi connectivity index (χ1) is 8.74. The van der Waals surface area contributed by atoms with E-state index in [1.807, 2.05) is 18.4 Å². The Hall–Kier alpha value is -1.20. The third kappa shape index (κ3) is 2.97. The molecule has 0 saturated carbocycles. The molecule has 0 aromatic heterocycles. The normalized spacial score (nSPS) is 16.3. The average molecular weight is 264 g/mol. The summed E-state index contributed by atoms with van der Waals surface area (Å²) in [5.41, 5.74) is 14.8. The summed E-state index contributed by atoms with van der Waals surface area (Å²) in [6.45, 7) is 2.79. The Bertz CT molecular complexity index is 439. The molecule has 0 spiro atoms. The second-order valence-electron chi connectivity index (χ2n) is 4.37. The van der Waals surface area contributed by atoms with Crippen LogP contribution in [0.3, 0.4) is 0 Å². The lowest BCUT2D eigenvalue weighted by atomic mass is 10.1. The fraction of sp³-hybridized carbons (Fsp3) is 0.462. The first-order valence-electron chi connectivity index (χ1n) is 6.20. The zero-order chi connectivity index (χ0) is 13.0. The van der Waals surface area contributed by atoms with Gasteiger partial charge in [-0.2, -0.15) is 0 Å². The van der Waals surface area contributed by atoms with Crippen molar-refractivity contribution in [1.82, 2.24) is 0 Å². The van der Waals surface area contributed by atoms with Crippen LogP contribution in [-0.4, -0.2) is 24.5 Å². The van der Waals surface area contributed by atoms with E-state index in [9.17, 15) is 0 Å². The highest BCUT2D eigenvalue weighted by Crippen LogP contribution is 2.28. The molecule has 1 saturated heterocycles. The van der Waals surface area contributed by atoms with Gasteiger partial charge in [0, 0.05) is 25.3 Å². The molecular weight excluding hydrogens is 244 g/mol. The summed E-state index contributed by atoms with van der Waals surface area (Å²) in [5, 5.41) is 0.576. The van der Waals surface area contributed by atoms with E-state index in [2.05, 4.69) is 16.0 Å². The van der Waals surface area contributed by atoms with E-state index in [1.54, 1.807) is 0 Å². The van der Waals surface area contributed by atoms with Gasteiger partial charge in [0.15, 0.2) is 5.17 Å². The third-order valence-electron chi connectivity index (χ3n) is 3.18. The van der Waals surface area contributed by atoms with Crippen LogP contribution in [0.2, 0.25) is 0 Å².